The van der Waals surface area contributed by atoms with Crippen LogP contribution in [0.3, 0.4) is 0 Å². The van der Waals surface area contributed by atoms with E-state index >= 15 is 0 Å². The van der Waals surface area contributed by atoms with Crippen LogP contribution < -0.4 is 0 Å². The lowest BCUT2D eigenvalue weighted by molar-refractivity contribution is -0.166. The van der Waals surface area contributed by atoms with Gasteiger partial charge in [0.1, 0.15) is 6.10 Å². The number of methoxy groups -OCH3 is 1. The first kappa shape index (κ1) is 21.8. The van der Waals surface area contributed by atoms with E-state index in [1.54, 1.807) is 13.0 Å². The molecule has 1 rings (SSSR count). The van der Waals surface area contributed by atoms with Gasteiger partial charge in [0.05, 0.1) is 32.0 Å². The summed E-state index contributed by atoms with van der Waals surface area (Å²) in [4.78, 5) is 11.1. The van der Waals surface area contributed by atoms with Gasteiger partial charge >= 0.3 is 5.97 Å². The number of aliphatic hydroxyl groups is 3. The van der Waals surface area contributed by atoms with Gasteiger partial charge in [-0.05, 0) is 31.6 Å². The van der Waals surface area contributed by atoms with Gasteiger partial charge in [-0.25, -0.2) is 4.79 Å². The molecule has 1 aliphatic heterocycles. The number of hydrogen-bond donors (Lipinski definition) is 3. The number of aliphatic hydroxyl groups excluding tert-OH is 3. The number of carbonyl (C=O) groups is 1. The molecule has 1 aliphatic rings. The van der Waals surface area contributed by atoms with E-state index in [1.165, 1.54) is 13.2 Å². The van der Waals surface area contributed by atoms with E-state index in [0.29, 0.717) is 19.4 Å². The molecule has 1 fully saturated rings. The van der Waals surface area contributed by atoms with Crippen molar-refractivity contribution < 1.29 is 29.6 Å². The molecule has 0 aromatic rings. The molecule has 0 saturated carbocycles. The zero-order valence-electron chi connectivity index (χ0n) is 15.5. The number of ether oxygens (including phenoxy) is 2. The van der Waals surface area contributed by atoms with Crippen LogP contribution in [0.4, 0.5) is 0 Å². The molecule has 144 valence electrons. The normalized spacial score (nSPS) is 31.2. The van der Waals surface area contributed by atoms with Crippen molar-refractivity contribution >= 4 is 5.97 Å². The first-order valence-electron chi connectivity index (χ1n) is 8.84. The van der Waals surface area contributed by atoms with Crippen LogP contribution in [-0.4, -0.2) is 59.4 Å². The molecule has 0 aliphatic carbocycles. The summed E-state index contributed by atoms with van der Waals surface area (Å²) in [5, 5.41) is 30.1. The molecular weight excluding hydrogens is 324 g/mol. The minimum atomic E-state index is -0.963. The van der Waals surface area contributed by atoms with E-state index in [2.05, 4.69) is 4.74 Å². The molecule has 6 nitrogen and oxygen atoms in total. The fourth-order valence-corrected chi connectivity index (χ4v) is 2.74. The molecule has 0 bridgehead atoms. The second-order valence-corrected chi connectivity index (χ2v) is 6.97. The van der Waals surface area contributed by atoms with Gasteiger partial charge in [0.25, 0.3) is 0 Å². The minimum Gasteiger partial charge on any atom is -0.466 e. The van der Waals surface area contributed by atoms with Gasteiger partial charge in [0, 0.05) is 12.0 Å². The fourth-order valence-electron chi connectivity index (χ4n) is 2.74. The molecule has 0 aromatic heterocycles. The first-order chi connectivity index (χ1) is 11.8. The molecule has 6 heteroatoms. The highest BCUT2D eigenvalue weighted by Gasteiger charge is 2.37. The zero-order chi connectivity index (χ0) is 19.0. The topological polar surface area (TPSA) is 96.2 Å². The molecule has 0 aromatic carbocycles. The largest absolute Gasteiger partial charge is 0.466 e. The third kappa shape index (κ3) is 7.28. The Morgan fingerprint density at radius 1 is 1.24 bits per heavy atom. The highest BCUT2D eigenvalue weighted by atomic mass is 16.5. The summed E-state index contributed by atoms with van der Waals surface area (Å²) in [5.41, 5.74) is 0. The molecule has 1 unspecified atom stereocenters. The van der Waals surface area contributed by atoms with Gasteiger partial charge in [-0.3, -0.25) is 0 Å². The number of allylic oxidation sites excluding steroid dienone is 2. The van der Waals surface area contributed by atoms with Crippen LogP contribution >= 0.6 is 0 Å². The summed E-state index contributed by atoms with van der Waals surface area (Å²) < 4.78 is 10.3. The van der Waals surface area contributed by atoms with Crippen molar-refractivity contribution in [3.8, 4) is 0 Å². The molecule has 7 atom stereocenters. The maximum absolute atomic E-state index is 11.1. The quantitative estimate of drug-likeness (QED) is 0.346. The van der Waals surface area contributed by atoms with Crippen molar-refractivity contribution in [3.05, 3.63) is 24.3 Å². The van der Waals surface area contributed by atoms with Crippen molar-refractivity contribution in [2.24, 2.45) is 17.8 Å². The van der Waals surface area contributed by atoms with Gasteiger partial charge < -0.3 is 24.8 Å². The Kier molecular flexibility index (Phi) is 9.35. The second kappa shape index (κ2) is 10.7. The lowest BCUT2D eigenvalue weighted by Gasteiger charge is -2.38. The van der Waals surface area contributed by atoms with Crippen LogP contribution in [0.5, 0.6) is 0 Å². The maximum atomic E-state index is 11.1. The lowest BCUT2D eigenvalue weighted by Crippen LogP contribution is -2.50. The smallest absolute Gasteiger partial charge is 0.330 e. The molecule has 1 saturated heterocycles. The van der Waals surface area contributed by atoms with Crippen molar-refractivity contribution in [1.82, 2.24) is 0 Å². The van der Waals surface area contributed by atoms with E-state index in [-0.39, 0.29) is 17.8 Å². The van der Waals surface area contributed by atoms with Crippen molar-refractivity contribution in [2.45, 2.75) is 58.0 Å². The van der Waals surface area contributed by atoms with Crippen molar-refractivity contribution in [3.63, 3.8) is 0 Å². The van der Waals surface area contributed by atoms with Crippen LogP contribution in [-0.2, 0) is 14.3 Å². The van der Waals surface area contributed by atoms with Crippen molar-refractivity contribution in [1.29, 1.82) is 0 Å². The number of carbonyl (C=O) groups excluding carboxylic acids is 1. The minimum absolute atomic E-state index is 0.00860. The number of rotatable bonds is 8. The lowest BCUT2D eigenvalue weighted by atomic mass is 9.86. The van der Waals surface area contributed by atoms with Crippen LogP contribution in [0.15, 0.2) is 24.3 Å². The summed E-state index contributed by atoms with van der Waals surface area (Å²) >= 11 is 0. The monoisotopic (exact) mass is 356 g/mol. The second-order valence-electron chi connectivity index (χ2n) is 6.97. The third-order valence-corrected chi connectivity index (χ3v) is 4.74. The van der Waals surface area contributed by atoms with Crippen molar-refractivity contribution in [2.75, 3.05) is 13.7 Å². The maximum Gasteiger partial charge on any atom is 0.330 e. The highest BCUT2D eigenvalue weighted by molar-refractivity contribution is 5.81. The predicted molar refractivity (Wildman–Crippen MR) is 94.8 cm³/mol. The van der Waals surface area contributed by atoms with Gasteiger partial charge in [-0.15, -0.1) is 0 Å². The SMILES string of the molecule is COC(=O)/C=C\C(C)C[C@@H]1OC[C@H](C/C=C/[C@@H](C)[C@H](C)O)[C@@H](O)[C@H]1O. The predicted octanol–water partition coefficient (Wildman–Crippen LogP) is 1.44. The molecule has 0 radical (unpaired) electrons. The Bertz CT molecular complexity index is 459. The summed E-state index contributed by atoms with van der Waals surface area (Å²) in [6.07, 6.45) is 5.28. The molecule has 0 amide bonds. The molecule has 3 N–H and O–H groups in total. The van der Waals surface area contributed by atoms with Gasteiger partial charge in [-0.2, -0.15) is 0 Å². The van der Waals surface area contributed by atoms with Gasteiger partial charge in [-0.1, -0.05) is 32.1 Å². The Hall–Kier alpha value is -1.21. The fraction of sp³-hybridized carbons (Fsp3) is 0.737. The van der Waals surface area contributed by atoms with Crippen LogP contribution in [0.25, 0.3) is 0 Å². The van der Waals surface area contributed by atoms with Gasteiger partial charge in [0.2, 0.25) is 0 Å². The van der Waals surface area contributed by atoms with E-state index in [1.807, 2.05) is 26.0 Å². The average molecular weight is 356 g/mol. The van der Waals surface area contributed by atoms with Gasteiger partial charge in [0.15, 0.2) is 0 Å². The van der Waals surface area contributed by atoms with E-state index < -0.39 is 30.4 Å². The Balaban J connectivity index is 2.50. The van der Waals surface area contributed by atoms with E-state index in [9.17, 15) is 20.1 Å². The molecule has 25 heavy (non-hydrogen) atoms. The van der Waals surface area contributed by atoms with Crippen LogP contribution in [0, 0.1) is 17.8 Å². The number of hydrogen-bond acceptors (Lipinski definition) is 6. The Morgan fingerprint density at radius 3 is 2.52 bits per heavy atom. The van der Waals surface area contributed by atoms with E-state index in [0.717, 1.165) is 0 Å². The standard InChI is InChI=1S/C19H32O6/c1-12(8-9-17(21)24-4)10-16-19(23)18(22)15(11-25-16)7-5-6-13(2)14(3)20/h5-6,8-9,12-16,18-20,22-23H,7,10-11H2,1-4H3/b6-5+,9-8-/t12?,13-,14+,15+,16+,18-,19+/m1/s1. The third-order valence-electron chi connectivity index (χ3n) is 4.74. The summed E-state index contributed by atoms with van der Waals surface area (Å²) in [5.74, 6) is -0.545. The highest BCUT2D eigenvalue weighted by Crippen LogP contribution is 2.27. The Labute approximate surface area is 150 Å². The molecule has 1 heterocycles. The van der Waals surface area contributed by atoms with Crippen LogP contribution in [0.1, 0.15) is 33.6 Å². The van der Waals surface area contributed by atoms with E-state index in [4.69, 9.17) is 4.74 Å². The molecular formula is C19H32O6. The van der Waals surface area contributed by atoms with Crippen LogP contribution in [0.2, 0.25) is 0 Å². The summed E-state index contributed by atoms with van der Waals surface area (Å²) in [6.45, 7) is 5.93. The summed E-state index contributed by atoms with van der Waals surface area (Å²) in [7, 11) is 1.32. The molecule has 0 spiro atoms. The Morgan fingerprint density at radius 2 is 1.92 bits per heavy atom. The zero-order valence-corrected chi connectivity index (χ0v) is 15.5. The first-order valence-corrected chi connectivity index (χ1v) is 8.84. The average Bonchev–Trinajstić information content (AvgIpc) is 2.58. The summed E-state index contributed by atoms with van der Waals surface area (Å²) in [6, 6.07) is 0. The number of esters is 1.